The number of methoxy groups -OCH3 is 2. The predicted molar refractivity (Wildman–Crippen MR) is 87.1 cm³/mol. The Morgan fingerprint density at radius 1 is 1.00 bits per heavy atom. The molecule has 3 nitrogen and oxygen atoms in total. The number of halogens is 3. The van der Waals surface area contributed by atoms with Gasteiger partial charge in [0.05, 0.1) is 28.7 Å². The highest BCUT2D eigenvalue weighted by atomic mass is 79.9. The van der Waals surface area contributed by atoms with Gasteiger partial charge in [-0.05, 0) is 40.2 Å². The maximum Gasteiger partial charge on any atom is 0.194 e. The molecule has 0 fully saturated rings. The third-order valence-electron chi connectivity index (χ3n) is 2.90. The zero-order valence-electron chi connectivity index (χ0n) is 11.2. The van der Waals surface area contributed by atoms with Crippen LogP contribution < -0.4 is 9.47 Å². The quantitative estimate of drug-likeness (QED) is 0.690. The average molecular weight is 390 g/mol. The summed E-state index contributed by atoms with van der Waals surface area (Å²) in [4.78, 5) is 12.5. The fraction of sp³-hybridized carbons (Fsp3) is 0.133. The van der Waals surface area contributed by atoms with Gasteiger partial charge in [0.25, 0.3) is 0 Å². The number of hydrogen-bond donors (Lipinski definition) is 0. The molecule has 0 heterocycles. The molecule has 0 aromatic heterocycles. The first-order valence-electron chi connectivity index (χ1n) is 5.89. The minimum Gasteiger partial charge on any atom is -0.496 e. The van der Waals surface area contributed by atoms with Crippen molar-refractivity contribution in [2.24, 2.45) is 0 Å². The Morgan fingerprint density at radius 3 is 2.24 bits per heavy atom. The molecule has 0 N–H and O–H groups in total. The fourth-order valence-corrected chi connectivity index (χ4v) is 2.84. The van der Waals surface area contributed by atoms with Crippen molar-refractivity contribution in [2.75, 3.05) is 14.2 Å². The molecule has 0 bridgehead atoms. The van der Waals surface area contributed by atoms with Crippen LogP contribution in [0.1, 0.15) is 15.9 Å². The summed E-state index contributed by atoms with van der Waals surface area (Å²) in [6, 6.07) is 8.07. The van der Waals surface area contributed by atoms with Gasteiger partial charge >= 0.3 is 0 Å². The third kappa shape index (κ3) is 3.34. The molecule has 0 aliphatic rings. The molecule has 0 aliphatic carbocycles. The molecule has 0 unspecified atom stereocenters. The van der Waals surface area contributed by atoms with Crippen molar-refractivity contribution in [2.45, 2.75) is 0 Å². The monoisotopic (exact) mass is 388 g/mol. The SMILES string of the molecule is COc1cc(Cl)c(C(=O)c2ccc(OC)c(Br)c2)cc1Cl. The topological polar surface area (TPSA) is 35.5 Å². The van der Waals surface area contributed by atoms with E-state index in [-0.39, 0.29) is 10.8 Å². The number of carbonyl (C=O) groups excluding carboxylic acids is 1. The van der Waals surface area contributed by atoms with Crippen LogP contribution in [0.15, 0.2) is 34.8 Å². The summed E-state index contributed by atoms with van der Waals surface area (Å²) in [5, 5.41) is 0.617. The van der Waals surface area contributed by atoms with E-state index < -0.39 is 0 Å². The molecule has 0 saturated carbocycles. The molecule has 0 saturated heterocycles. The normalized spacial score (nSPS) is 10.3. The molecule has 0 spiro atoms. The minimum atomic E-state index is -0.229. The van der Waals surface area contributed by atoms with Gasteiger partial charge < -0.3 is 9.47 Å². The van der Waals surface area contributed by atoms with Gasteiger partial charge in [0.1, 0.15) is 11.5 Å². The fourth-order valence-electron chi connectivity index (χ4n) is 1.82. The molecular weight excluding hydrogens is 379 g/mol. The maximum absolute atomic E-state index is 12.5. The summed E-state index contributed by atoms with van der Waals surface area (Å²) in [5.41, 5.74) is 0.797. The van der Waals surface area contributed by atoms with E-state index in [4.69, 9.17) is 32.7 Å². The van der Waals surface area contributed by atoms with Crippen LogP contribution in [0.25, 0.3) is 0 Å². The molecule has 21 heavy (non-hydrogen) atoms. The van der Waals surface area contributed by atoms with Crippen LogP contribution >= 0.6 is 39.1 Å². The van der Waals surface area contributed by atoms with Crippen molar-refractivity contribution < 1.29 is 14.3 Å². The van der Waals surface area contributed by atoms with E-state index in [0.717, 1.165) is 0 Å². The van der Waals surface area contributed by atoms with E-state index in [1.807, 2.05) is 0 Å². The van der Waals surface area contributed by atoms with Gasteiger partial charge in [0.15, 0.2) is 5.78 Å². The Hall–Kier alpha value is -1.23. The van der Waals surface area contributed by atoms with Crippen LogP contribution in [0.3, 0.4) is 0 Å². The standard InChI is InChI=1S/C15H11BrCl2O3/c1-20-13-4-3-8(5-10(13)16)15(19)9-6-12(18)14(21-2)7-11(9)17/h3-7H,1-2H3. The summed E-state index contributed by atoms with van der Waals surface area (Å²) in [7, 11) is 3.04. The molecule has 0 atom stereocenters. The van der Waals surface area contributed by atoms with E-state index in [1.165, 1.54) is 19.2 Å². The highest BCUT2D eigenvalue weighted by Gasteiger charge is 2.17. The molecule has 0 aliphatic heterocycles. The summed E-state index contributed by atoms with van der Waals surface area (Å²) in [6.07, 6.45) is 0. The van der Waals surface area contributed by atoms with Gasteiger partial charge in [-0.2, -0.15) is 0 Å². The Kier molecular flexibility index (Phi) is 5.14. The Labute approximate surface area is 140 Å². The van der Waals surface area contributed by atoms with E-state index in [9.17, 15) is 4.79 Å². The first kappa shape index (κ1) is 16.1. The van der Waals surface area contributed by atoms with E-state index in [2.05, 4.69) is 15.9 Å². The summed E-state index contributed by atoms with van der Waals surface area (Å²) >= 11 is 15.5. The lowest BCUT2D eigenvalue weighted by Gasteiger charge is -2.09. The van der Waals surface area contributed by atoms with E-state index in [1.54, 1.807) is 25.3 Å². The molecular formula is C15H11BrCl2O3. The number of rotatable bonds is 4. The van der Waals surface area contributed by atoms with Crippen molar-refractivity contribution in [3.8, 4) is 11.5 Å². The second kappa shape index (κ2) is 6.69. The van der Waals surface area contributed by atoms with Crippen molar-refractivity contribution in [1.82, 2.24) is 0 Å². The Morgan fingerprint density at radius 2 is 1.67 bits per heavy atom. The Balaban J connectivity index is 2.45. The number of benzene rings is 2. The molecule has 2 aromatic carbocycles. The van der Waals surface area contributed by atoms with Crippen LogP contribution in [-0.2, 0) is 0 Å². The summed E-state index contributed by atoms with van der Waals surface area (Å²) in [5.74, 6) is 0.840. The number of ketones is 1. The van der Waals surface area contributed by atoms with Crippen molar-refractivity contribution in [1.29, 1.82) is 0 Å². The van der Waals surface area contributed by atoms with Gasteiger partial charge in [-0.1, -0.05) is 23.2 Å². The Bertz CT molecular complexity index is 702. The molecule has 6 heteroatoms. The van der Waals surface area contributed by atoms with Crippen LogP contribution in [0.4, 0.5) is 0 Å². The van der Waals surface area contributed by atoms with Crippen LogP contribution in [0.5, 0.6) is 11.5 Å². The van der Waals surface area contributed by atoms with Crippen molar-refractivity contribution >= 4 is 44.9 Å². The van der Waals surface area contributed by atoms with Crippen LogP contribution in [0, 0.1) is 0 Å². The van der Waals surface area contributed by atoms with Gasteiger partial charge in [-0.15, -0.1) is 0 Å². The first-order chi connectivity index (χ1) is 9.97. The largest absolute Gasteiger partial charge is 0.496 e. The zero-order valence-corrected chi connectivity index (χ0v) is 14.3. The lowest BCUT2D eigenvalue weighted by molar-refractivity contribution is 0.103. The highest BCUT2D eigenvalue weighted by Crippen LogP contribution is 2.33. The van der Waals surface area contributed by atoms with Crippen LogP contribution in [0.2, 0.25) is 10.0 Å². The van der Waals surface area contributed by atoms with Gasteiger partial charge in [-0.3, -0.25) is 4.79 Å². The van der Waals surface area contributed by atoms with Crippen LogP contribution in [-0.4, -0.2) is 20.0 Å². The zero-order chi connectivity index (χ0) is 15.6. The third-order valence-corrected chi connectivity index (χ3v) is 4.13. The lowest BCUT2D eigenvalue weighted by atomic mass is 10.0. The van der Waals surface area contributed by atoms with Gasteiger partial charge in [-0.25, -0.2) is 0 Å². The molecule has 0 radical (unpaired) electrons. The first-order valence-corrected chi connectivity index (χ1v) is 7.44. The minimum absolute atomic E-state index is 0.229. The van der Waals surface area contributed by atoms with Crippen molar-refractivity contribution in [3.63, 3.8) is 0 Å². The second-order valence-electron chi connectivity index (χ2n) is 4.15. The number of ether oxygens (including phenoxy) is 2. The summed E-state index contributed by atoms with van der Waals surface area (Å²) in [6.45, 7) is 0. The molecule has 2 aromatic rings. The van der Waals surface area contributed by atoms with Gasteiger partial charge in [0.2, 0.25) is 0 Å². The number of carbonyl (C=O) groups is 1. The average Bonchev–Trinajstić information content (AvgIpc) is 2.48. The highest BCUT2D eigenvalue weighted by molar-refractivity contribution is 9.10. The van der Waals surface area contributed by atoms with E-state index in [0.29, 0.717) is 32.1 Å². The second-order valence-corrected chi connectivity index (χ2v) is 5.81. The van der Waals surface area contributed by atoms with Gasteiger partial charge in [0, 0.05) is 17.2 Å². The molecule has 110 valence electrons. The smallest absolute Gasteiger partial charge is 0.194 e. The molecule has 2 rings (SSSR count). The predicted octanol–water partition coefficient (Wildman–Crippen LogP) is 5.00. The maximum atomic E-state index is 12.5. The lowest BCUT2D eigenvalue weighted by Crippen LogP contribution is -2.03. The van der Waals surface area contributed by atoms with Crippen molar-refractivity contribution in [3.05, 3.63) is 56.0 Å². The molecule has 0 amide bonds. The number of hydrogen-bond acceptors (Lipinski definition) is 3. The summed E-state index contributed by atoms with van der Waals surface area (Å²) < 4.78 is 10.9. The van der Waals surface area contributed by atoms with E-state index >= 15 is 0 Å².